The number of hydrogen-bond acceptors (Lipinski definition) is 8. The molecular weight excluding hydrogens is 524 g/mol. The standard InChI is InChI=1S/C31H30N4O6/c1-30(2,3)24-27-35-23(26-32-21(16-40-26)28(37)39-4)25(41-27)31(18-10-6-5-7-11-18)19-15-17(9-8-12-22(36)34-24)13-14-20(19)33-29(31)38/h5-7,10-11,13-16,24H,8-9,12H2,1-4H3,(H,33,38)(H,34,36)/t24-,31+/m1/s1. The van der Waals surface area contributed by atoms with Crippen LogP contribution in [0.15, 0.2) is 63.6 Å². The van der Waals surface area contributed by atoms with Crippen LogP contribution in [-0.2, 0) is 26.2 Å². The van der Waals surface area contributed by atoms with Gasteiger partial charge in [0, 0.05) is 17.7 Å². The second kappa shape index (κ2) is 9.72. The molecule has 0 unspecified atom stereocenters. The van der Waals surface area contributed by atoms with Crippen LogP contribution in [0.4, 0.5) is 5.69 Å². The minimum atomic E-state index is -1.46. The number of methoxy groups -OCH3 is 1. The van der Waals surface area contributed by atoms with E-state index in [0.29, 0.717) is 36.1 Å². The van der Waals surface area contributed by atoms with E-state index in [1.54, 1.807) is 0 Å². The maximum Gasteiger partial charge on any atom is 0.360 e. The Morgan fingerprint density at radius 1 is 1.07 bits per heavy atom. The SMILES string of the molecule is COC(=O)c1coc(-c2nc3oc2[C@@]2(c4ccccc4)C(=O)Nc4ccc(cc42)CCCC(=O)N[C@H]3C(C)(C)C)n1. The predicted molar refractivity (Wildman–Crippen MR) is 148 cm³/mol. The fourth-order valence-electron chi connectivity index (χ4n) is 5.61. The highest BCUT2D eigenvalue weighted by Gasteiger charge is 2.55. The summed E-state index contributed by atoms with van der Waals surface area (Å²) in [5.41, 5.74) is 1.09. The highest BCUT2D eigenvalue weighted by Crippen LogP contribution is 2.51. The lowest BCUT2D eigenvalue weighted by Crippen LogP contribution is -2.37. The molecule has 10 heteroatoms. The van der Waals surface area contributed by atoms with Crippen molar-refractivity contribution >= 4 is 23.5 Å². The average molecular weight is 555 g/mol. The topological polar surface area (TPSA) is 137 Å². The minimum absolute atomic E-state index is 0.0193. The highest BCUT2D eigenvalue weighted by molar-refractivity contribution is 6.11. The summed E-state index contributed by atoms with van der Waals surface area (Å²) in [6, 6.07) is 14.5. The van der Waals surface area contributed by atoms with Gasteiger partial charge in [0.25, 0.3) is 0 Å². The van der Waals surface area contributed by atoms with Crippen molar-refractivity contribution in [3.63, 3.8) is 0 Å². The van der Waals surface area contributed by atoms with Crippen molar-refractivity contribution < 1.29 is 28.0 Å². The van der Waals surface area contributed by atoms with Gasteiger partial charge in [-0.3, -0.25) is 9.59 Å². The molecule has 4 aromatic rings. The molecular formula is C31H30N4O6. The number of benzene rings is 2. The van der Waals surface area contributed by atoms with Crippen molar-refractivity contribution in [2.45, 2.75) is 51.5 Å². The molecule has 2 N–H and O–H groups in total. The molecule has 2 aromatic heterocycles. The molecule has 2 amide bonds. The molecule has 6 rings (SSSR count). The number of rotatable bonds is 3. The Hall–Kier alpha value is -4.73. The van der Waals surface area contributed by atoms with Gasteiger partial charge in [-0.15, -0.1) is 0 Å². The number of anilines is 1. The summed E-state index contributed by atoms with van der Waals surface area (Å²) < 4.78 is 17.2. The molecule has 0 saturated heterocycles. The van der Waals surface area contributed by atoms with E-state index < -0.39 is 22.8 Å². The summed E-state index contributed by atoms with van der Waals surface area (Å²) in [6.45, 7) is 5.91. The first-order valence-corrected chi connectivity index (χ1v) is 13.5. The first-order chi connectivity index (χ1) is 19.6. The summed E-state index contributed by atoms with van der Waals surface area (Å²) >= 11 is 0. The maximum absolute atomic E-state index is 14.3. The zero-order valence-corrected chi connectivity index (χ0v) is 23.2. The van der Waals surface area contributed by atoms with Gasteiger partial charge in [0.2, 0.25) is 23.6 Å². The fourth-order valence-corrected chi connectivity index (χ4v) is 5.61. The number of amides is 2. The third-order valence-electron chi connectivity index (χ3n) is 7.66. The third kappa shape index (κ3) is 4.30. The van der Waals surface area contributed by atoms with Crippen LogP contribution < -0.4 is 10.6 Å². The Bertz CT molecular complexity index is 1670. The second-order valence-electron chi connectivity index (χ2n) is 11.4. The lowest BCUT2D eigenvalue weighted by molar-refractivity contribution is -0.123. The number of fused-ring (bicyclic) bond motifs is 4. The Balaban J connectivity index is 1.71. The van der Waals surface area contributed by atoms with Crippen LogP contribution in [0.25, 0.3) is 11.6 Å². The van der Waals surface area contributed by atoms with Gasteiger partial charge >= 0.3 is 5.97 Å². The van der Waals surface area contributed by atoms with Crippen LogP contribution in [0.1, 0.15) is 78.5 Å². The fraction of sp³-hybridized carbons (Fsp3) is 0.323. The molecule has 0 fully saturated rings. The van der Waals surface area contributed by atoms with Gasteiger partial charge in [-0.25, -0.2) is 14.8 Å². The molecule has 10 nitrogen and oxygen atoms in total. The summed E-state index contributed by atoms with van der Waals surface area (Å²) in [6.07, 6.45) is 2.77. The van der Waals surface area contributed by atoms with Crippen molar-refractivity contribution in [1.29, 1.82) is 0 Å². The van der Waals surface area contributed by atoms with Crippen molar-refractivity contribution in [3.05, 3.63) is 88.8 Å². The predicted octanol–water partition coefficient (Wildman–Crippen LogP) is 4.94. The van der Waals surface area contributed by atoms with Gasteiger partial charge in [-0.05, 0) is 35.4 Å². The summed E-state index contributed by atoms with van der Waals surface area (Å²) in [7, 11) is 1.25. The number of aromatic nitrogens is 2. The van der Waals surface area contributed by atoms with E-state index in [1.165, 1.54) is 13.4 Å². The number of nitrogens with zero attached hydrogens (tertiary/aromatic N) is 2. The second-order valence-corrected chi connectivity index (χ2v) is 11.4. The Labute approximate surface area is 236 Å². The van der Waals surface area contributed by atoms with Gasteiger partial charge in [-0.2, -0.15) is 0 Å². The molecule has 0 spiro atoms. The first-order valence-electron chi connectivity index (χ1n) is 13.5. The quantitative estimate of drug-likeness (QED) is 0.340. The molecule has 41 heavy (non-hydrogen) atoms. The van der Waals surface area contributed by atoms with Crippen LogP contribution in [0, 0.1) is 5.41 Å². The maximum atomic E-state index is 14.3. The van der Waals surface area contributed by atoms with E-state index in [0.717, 1.165) is 5.56 Å². The zero-order chi connectivity index (χ0) is 28.9. The van der Waals surface area contributed by atoms with E-state index in [1.807, 2.05) is 69.3 Å². The summed E-state index contributed by atoms with van der Waals surface area (Å²) in [5, 5.41) is 6.15. The number of carbonyl (C=O) groups excluding carboxylic acids is 3. The van der Waals surface area contributed by atoms with Crippen molar-refractivity contribution in [1.82, 2.24) is 15.3 Å². The van der Waals surface area contributed by atoms with Crippen LogP contribution in [0.2, 0.25) is 0 Å². The number of aryl methyl sites for hydroxylation is 1. The van der Waals surface area contributed by atoms with E-state index in [-0.39, 0.29) is 40.7 Å². The number of nitrogens with one attached hydrogen (secondary N) is 2. The highest BCUT2D eigenvalue weighted by atomic mass is 16.5. The number of hydrogen-bond donors (Lipinski definition) is 2. The molecule has 4 heterocycles. The molecule has 210 valence electrons. The molecule has 2 atom stereocenters. The number of oxazole rings is 2. The van der Waals surface area contributed by atoms with Crippen molar-refractivity contribution in [3.8, 4) is 11.6 Å². The third-order valence-corrected chi connectivity index (χ3v) is 7.66. The van der Waals surface area contributed by atoms with Crippen LogP contribution >= 0.6 is 0 Å². The van der Waals surface area contributed by atoms with E-state index in [2.05, 4.69) is 15.6 Å². The zero-order valence-electron chi connectivity index (χ0n) is 23.2. The molecule has 4 bridgehead atoms. The number of carbonyl (C=O) groups is 3. The van der Waals surface area contributed by atoms with Crippen molar-refractivity contribution in [2.75, 3.05) is 12.4 Å². The lowest BCUT2D eigenvalue weighted by Gasteiger charge is -2.29. The number of ether oxygens (including phenoxy) is 1. The van der Waals surface area contributed by atoms with Crippen LogP contribution in [0.5, 0.6) is 0 Å². The van der Waals surface area contributed by atoms with Crippen LogP contribution in [0.3, 0.4) is 0 Å². The molecule has 2 aliphatic rings. The minimum Gasteiger partial charge on any atom is -0.464 e. The molecule has 0 radical (unpaired) electrons. The van der Waals surface area contributed by atoms with Gasteiger partial charge in [-0.1, -0.05) is 63.2 Å². The van der Waals surface area contributed by atoms with E-state index in [9.17, 15) is 14.4 Å². The van der Waals surface area contributed by atoms with Crippen molar-refractivity contribution in [2.24, 2.45) is 5.41 Å². The Kier molecular flexibility index (Phi) is 6.28. The summed E-state index contributed by atoms with van der Waals surface area (Å²) in [4.78, 5) is 48.8. The van der Waals surface area contributed by atoms with Crippen LogP contribution in [-0.4, -0.2) is 34.9 Å². The molecule has 0 aliphatic carbocycles. The molecule has 0 saturated carbocycles. The Morgan fingerprint density at radius 2 is 1.85 bits per heavy atom. The van der Waals surface area contributed by atoms with E-state index in [4.69, 9.17) is 18.6 Å². The van der Waals surface area contributed by atoms with Gasteiger partial charge in [0.05, 0.1) is 7.11 Å². The first kappa shape index (κ1) is 26.5. The Morgan fingerprint density at radius 3 is 2.59 bits per heavy atom. The number of esters is 1. The van der Waals surface area contributed by atoms with Gasteiger partial charge in [0.15, 0.2) is 22.6 Å². The van der Waals surface area contributed by atoms with Gasteiger partial charge in [0.1, 0.15) is 12.3 Å². The molecule has 2 aromatic carbocycles. The van der Waals surface area contributed by atoms with E-state index >= 15 is 0 Å². The monoisotopic (exact) mass is 554 g/mol. The normalized spacial score (nSPS) is 20.3. The largest absolute Gasteiger partial charge is 0.464 e. The summed E-state index contributed by atoms with van der Waals surface area (Å²) in [5.74, 6) is -0.794. The lowest BCUT2D eigenvalue weighted by atomic mass is 9.72. The smallest absolute Gasteiger partial charge is 0.360 e. The molecule has 2 aliphatic heterocycles. The van der Waals surface area contributed by atoms with Gasteiger partial charge < -0.3 is 24.2 Å². The average Bonchev–Trinajstić information content (AvgIpc) is 3.66.